The van der Waals surface area contributed by atoms with Gasteiger partial charge in [-0.15, -0.1) is 23.4 Å². The van der Waals surface area contributed by atoms with Gasteiger partial charge in [0, 0.05) is 28.6 Å². The van der Waals surface area contributed by atoms with Gasteiger partial charge in [-0.2, -0.15) is 4.80 Å². The number of aromatic nitrogens is 5. The number of carbonyl (C=O) groups is 2. The van der Waals surface area contributed by atoms with Crippen molar-refractivity contribution in [2.24, 2.45) is 5.92 Å². The lowest BCUT2D eigenvalue weighted by Gasteiger charge is -2.10. The van der Waals surface area contributed by atoms with Gasteiger partial charge in [-0.3, -0.25) is 9.59 Å². The van der Waals surface area contributed by atoms with Gasteiger partial charge in [0.2, 0.25) is 0 Å². The predicted molar refractivity (Wildman–Crippen MR) is 127 cm³/mol. The average Bonchev–Trinajstić information content (AvgIpc) is 3.39. The summed E-state index contributed by atoms with van der Waals surface area (Å²) in [5, 5.41) is 12.7. The normalized spacial score (nSPS) is 12.5. The van der Waals surface area contributed by atoms with Crippen LogP contribution in [0.25, 0.3) is 10.9 Å². The summed E-state index contributed by atoms with van der Waals surface area (Å²) in [7, 11) is 1.51. The number of Topliss-reactive ketones (excluding diaryl/α,β-unsaturated/α-hetero) is 1. The molecular formula is C25H24F3N5O4. The van der Waals surface area contributed by atoms with Crippen molar-refractivity contribution in [2.75, 3.05) is 7.11 Å². The smallest absolute Gasteiger partial charge is 0.497 e. The second-order valence-corrected chi connectivity index (χ2v) is 8.60. The molecule has 4 aromatic rings. The van der Waals surface area contributed by atoms with E-state index in [1.54, 1.807) is 42.7 Å². The molecule has 0 saturated carbocycles. The Morgan fingerprint density at radius 3 is 2.38 bits per heavy atom. The molecule has 12 heteroatoms. The van der Waals surface area contributed by atoms with Crippen LogP contribution in [0.15, 0.2) is 42.5 Å². The first kappa shape index (κ1) is 25.9. The Bertz CT molecular complexity index is 1460. The number of ether oxygens (including phenoxy) is 2. The molecule has 0 bridgehead atoms. The first-order chi connectivity index (χ1) is 17.5. The summed E-state index contributed by atoms with van der Waals surface area (Å²) < 4.78 is 49.6. The summed E-state index contributed by atoms with van der Waals surface area (Å²) in [6.07, 6.45) is -4.88. The van der Waals surface area contributed by atoms with E-state index in [1.165, 1.54) is 37.0 Å². The monoisotopic (exact) mass is 515 g/mol. The number of halogens is 3. The second kappa shape index (κ2) is 10.0. The average molecular weight is 515 g/mol. The van der Waals surface area contributed by atoms with Gasteiger partial charge in [0.15, 0.2) is 11.6 Å². The van der Waals surface area contributed by atoms with Crippen molar-refractivity contribution in [1.29, 1.82) is 0 Å². The zero-order valence-electron chi connectivity index (χ0n) is 20.5. The molecule has 0 fully saturated rings. The highest BCUT2D eigenvalue weighted by molar-refractivity contribution is 6.17. The minimum atomic E-state index is -4.88. The number of rotatable bonds is 9. The molecule has 1 unspecified atom stereocenters. The first-order valence-corrected chi connectivity index (χ1v) is 11.3. The van der Waals surface area contributed by atoms with E-state index in [0.29, 0.717) is 33.5 Å². The van der Waals surface area contributed by atoms with Gasteiger partial charge in [-0.05, 0) is 55.5 Å². The van der Waals surface area contributed by atoms with Gasteiger partial charge in [0.05, 0.1) is 31.3 Å². The van der Waals surface area contributed by atoms with E-state index in [2.05, 4.69) is 20.1 Å². The van der Waals surface area contributed by atoms with E-state index in [0.717, 1.165) is 0 Å². The predicted octanol–water partition coefficient (Wildman–Crippen LogP) is 4.35. The molecule has 0 aliphatic rings. The number of benzene rings is 2. The fourth-order valence-electron chi connectivity index (χ4n) is 3.96. The minimum Gasteiger partial charge on any atom is -0.497 e. The third-order valence-electron chi connectivity index (χ3n) is 6.03. The third kappa shape index (κ3) is 5.63. The van der Waals surface area contributed by atoms with Crippen LogP contribution in [-0.4, -0.2) is 49.8 Å². The lowest BCUT2D eigenvalue weighted by molar-refractivity contribution is -0.274. The minimum absolute atomic E-state index is 0.0232. The Kier molecular flexibility index (Phi) is 7.01. The molecule has 2 heterocycles. The molecule has 194 valence electrons. The van der Waals surface area contributed by atoms with Crippen LogP contribution in [0.1, 0.15) is 41.3 Å². The number of hydrogen-bond donors (Lipinski definition) is 0. The van der Waals surface area contributed by atoms with Crippen molar-refractivity contribution >= 4 is 22.5 Å². The number of methoxy groups -OCH3 is 1. The van der Waals surface area contributed by atoms with E-state index in [4.69, 9.17) is 4.74 Å². The highest BCUT2D eigenvalue weighted by Crippen LogP contribution is 2.33. The molecular weight excluding hydrogens is 491 g/mol. The van der Waals surface area contributed by atoms with Crippen LogP contribution in [0.2, 0.25) is 0 Å². The van der Waals surface area contributed by atoms with Crippen molar-refractivity contribution in [3.63, 3.8) is 0 Å². The summed E-state index contributed by atoms with van der Waals surface area (Å²) in [5.41, 5.74) is 1.56. The molecule has 0 N–H and O–H groups in total. The standard InChI is InChI=1S/C25H24F3N5O4/c1-14(16(3)34)12-33-30-22(29-31-33)13-32-15(2)23(24(35)17-5-7-18(36-4)8-6-17)20-10-9-19(11-21(20)32)37-25(26,27)28/h5-11,14H,12-13H2,1-4H3. The van der Waals surface area contributed by atoms with Crippen LogP contribution in [0.4, 0.5) is 13.2 Å². The van der Waals surface area contributed by atoms with Crippen LogP contribution in [0.3, 0.4) is 0 Å². The molecule has 0 amide bonds. The van der Waals surface area contributed by atoms with Gasteiger partial charge in [0.25, 0.3) is 0 Å². The summed E-state index contributed by atoms with van der Waals surface area (Å²) in [6.45, 7) is 5.18. The van der Waals surface area contributed by atoms with Crippen molar-refractivity contribution in [1.82, 2.24) is 24.8 Å². The van der Waals surface area contributed by atoms with Crippen molar-refractivity contribution in [2.45, 2.75) is 40.2 Å². The molecule has 0 saturated heterocycles. The number of fused-ring (bicyclic) bond motifs is 1. The van der Waals surface area contributed by atoms with Gasteiger partial charge in [-0.25, -0.2) is 0 Å². The number of hydrogen-bond acceptors (Lipinski definition) is 7. The SMILES string of the molecule is COc1ccc(C(=O)c2c(C)n(Cc3nnn(CC(C)C(C)=O)n3)c3cc(OC(F)(F)F)ccc23)cc1. The summed E-state index contributed by atoms with van der Waals surface area (Å²) >= 11 is 0. The van der Waals surface area contributed by atoms with Crippen molar-refractivity contribution in [3.8, 4) is 11.5 Å². The lowest BCUT2D eigenvalue weighted by Crippen LogP contribution is -2.17. The van der Waals surface area contributed by atoms with E-state index in [1.807, 2.05) is 0 Å². The molecule has 4 rings (SSSR count). The van der Waals surface area contributed by atoms with Gasteiger partial charge in [0.1, 0.15) is 17.3 Å². The molecule has 2 aromatic heterocycles. The quantitative estimate of drug-likeness (QED) is 0.306. The summed E-state index contributed by atoms with van der Waals surface area (Å²) in [4.78, 5) is 26.4. The first-order valence-electron chi connectivity index (χ1n) is 11.3. The number of nitrogens with zero attached hydrogens (tertiary/aromatic N) is 5. The molecule has 37 heavy (non-hydrogen) atoms. The fourth-order valence-corrected chi connectivity index (χ4v) is 3.96. The Hall–Kier alpha value is -4.22. The van der Waals surface area contributed by atoms with E-state index in [-0.39, 0.29) is 36.4 Å². The number of alkyl halides is 3. The highest BCUT2D eigenvalue weighted by atomic mass is 19.4. The maximum atomic E-state index is 13.5. The zero-order chi connectivity index (χ0) is 26.9. The van der Waals surface area contributed by atoms with E-state index >= 15 is 0 Å². The number of tetrazole rings is 1. The lowest BCUT2D eigenvalue weighted by atomic mass is 10.0. The summed E-state index contributed by atoms with van der Waals surface area (Å²) in [5.74, 6) is -0.217. The molecule has 0 spiro atoms. The number of carbonyl (C=O) groups excluding carboxylic acids is 2. The van der Waals surface area contributed by atoms with E-state index < -0.39 is 12.1 Å². The topological polar surface area (TPSA) is 101 Å². The molecule has 0 radical (unpaired) electrons. The van der Waals surface area contributed by atoms with Gasteiger partial charge >= 0.3 is 6.36 Å². The van der Waals surface area contributed by atoms with Gasteiger partial charge < -0.3 is 14.0 Å². The molecule has 0 aliphatic heterocycles. The van der Waals surface area contributed by atoms with Crippen molar-refractivity contribution < 1.29 is 32.2 Å². The maximum absolute atomic E-state index is 13.5. The Morgan fingerprint density at radius 2 is 1.76 bits per heavy atom. The van der Waals surface area contributed by atoms with Crippen LogP contribution in [0, 0.1) is 12.8 Å². The third-order valence-corrected chi connectivity index (χ3v) is 6.03. The molecule has 0 aliphatic carbocycles. The maximum Gasteiger partial charge on any atom is 0.573 e. The number of ketones is 2. The molecule has 1 atom stereocenters. The van der Waals surface area contributed by atoms with Gasteiger partial charge in [-0.1, -0.05) is 6.92 Å². The molecule has 9 nitrogen and oxygen atoms in total. The van der Waals surface area contributed by atoms with E-state index in [9.17, 15) is 22.8 Å². The molecule has 2 aromatic carbocycles. The van der Waals surface area contributed by atoms with Crippen LogP contribution in [0.5, 0.6) is 11.5 Å². The van der Waals surface area contributed by atoms with Crippen molar-refractivity contribution in [3.05, 3.63) is 65.1 Å². The van der Waals surface area contributed by atoms with Crippen LogP contribution in [-0.2, 0) is 17.9 Å². The zero-order valence-corrected chi connectivity index (χ0v) is 20.5. The summed E-state index contributed by atoms with van der Waals surface area (Å²) in [6, 6.07) is 10.4. The van der Waals surface area contributed by atoms with Crippen LogP contribution < -0.4 is 9.47 Å². The highest BCUT2D eigenvalue weighted by Gasteiger charge is 2.32. The largest absolute Gasteiger partial charge is 0.573 e. The Morgan fingerprint density at radius 1 is 1.08 bits per heavy atom. The van der Waals surface area contributed by atoms with Crippen LogP contribution >= 0.6 is 0 Å². The fraction of sp³-hybridized carbons (Fsp3) is 0.320. The second-order valence-electron chi connectivity index (χ2n) is 8.60. The Balaban J connectivity index is 1.78. The Labute approximate surface area is 209 Å².